The number of halogens is 1. The van der Waals surface area contributed by atoms with E-state index in [1.165, 1.54) is 21.2 Å². The van der Waals surface area contributed by atoms with Crippen molar-refractivity contribution >= 4 is 5.52 Å². The second-order valence-corrected chi connectivity index (χ2v) is 10.9. The molecule has 5 aromatic rings. The number of benzene rings is 1. The van der Waals surface area contributed by atoms with Crippen LogP contribution in [0.5, 0.6) is 0 Å². The number of nitrogens with one attached hydrogen (secondary N) is 1. The zero-order chi connectivity index (χ0) is 29.0. The third-order valence-corrected chi connectivity index (χ3v) is 7.88. The molecule has 1 saturated heterocycles. The Bertz CT molecular complexity index is 1930. The molecule has 0 spiro atoms. The molecular weight excluding hydrogens is 539 g/mol. The molecule has 42 heavy (non-hydrogen) atoms. The zero-order valence-electron chi connectivity index (χ0n) is 22.7. The Hall–Kier alpha value is -4.70. The van der Waals surface area contributed by atoms with Gasteiger partial charge in [0, 0.05) is 43.2 Å². The number of ether oxygens (including phenoxy) is 1. The maximum absolute atomic E-state index is 15.3. The molecule has 2 fully saturated rings. The van der Waals surface area contributed by atoms with Crippen molar-refractivity contribution in [1.29, 1.82) is 5.26 Å². The number of hydrogen-bond acceptors (Lipinski definition) is 8. The molecular formula is C30H27FN8O3. The highest BCUT2D eigenvalue weighted by Crippen LogP contribution is 2.42. The number of aryl methyl sites for hydroxylation is 1. The van der Waals surface area contributed by atoms with Crippen LogP contribution >= 0.6 is 0 Å². The first kappa shape index (κ1) is 26.2. The first-order chi connectivity index (χ1) is 20.4. The molecule has 0 amide bonds. The Balaban J connectivity index is 1.32. The van der Waals surface area contributed by atoms with Crippen LogP contribution in [0.4, 0.5) is 4.39 Å². The molecule has 2 atom stereocenters. The fourth-order valence-corrected chi connectivity index (χ4v) is 5.43. The Kier molecular flexibility index (Phi) is 6.42. The lowest BCUT2D eigenvalue weighted by molar-refractivity contribution is 0.122. The summed E-state index contributed by atoms with van der Waals surface area (Å²) in [6.45, 7) is 0.884. The lowest BCUT2D eigenvalue weighted by Crippen LogP contribution is -2.38. The van der Waals surface area contributed by atoms with E-state index < -0.39 is 17.6 Å². The van der Waals surface area contributed by atoms with Crippen molar-refractivity contribution in [2.45, 2.75) is 37.5 Å². The summed E-state index contributed by atoms with van der Waals surface area (Å²) in [5, 5.41) is 31.0. The maximum Gasteiger partial charge on any atom is 0.338 e. The summed E-state index contributed by atoms with van der Waals surface area (Å²) in [5.74, 6) is 0.711. The summed E-state index contributed by atoms with van der Waals surface area (Å²) < 4.78 is 25.0. The highest BCUT2D eigenvalue weighted by molar-refractivity contribution is 5.82. The lowest BCUT2D eigenvalue weighted by atomic mass is 9.96. The van der Waals surface area contributed by atoms with E-state index in [2.05, 4.69) is 21.6 Å². The number of aromatic nitrogens is 6. The van der Waals surface area contributed by atoms with Gasteiger partial charge in [0.1, 0.15) is 23.5 Å². The van der Waals surface area contributed by atoms with E-state index in [1.807, 2.05) is 19.2 Å². The number of hydrogen-bond donors (Lipinski definition) is 2. The quantitative estimate of drug-likeness (QED) is 0.307. The number of pyridine rings is 2. The predicted octanol–water partition coefficient (Wildman–Crippen LogP) is 2.69. The van der Waals surface area contributed by atoms with Crippen molar-refractivity contribution in [3.05, 3.63) is 88.2 Å². The number of aliphatic hydroxyl groups is 1. The minimum atomic E-state index is -0.633. The van der Waals surface area contributed by atoms with Gasteiger partial charge in [-0.3, -0.25) is 8.97 Å². The molecule has 2 aliphatic rings. The van der Waals surface area contributed by atoms with Gasteiger partial charge in [-0.05, 0) is 59.9 Å². The molecule has 0 bridgehead atoms. The summed E-state index contributed by atoms with van der Waals surface area (Å²) in [7, 11) is 1.83. The van der Waals surface area contributed by atoms with Crippen LogP contribution in [0.25, 0.3) is 33.8 Å². The second-order valence-electron chi connectivity index (χ2n) is 10.9. The van der Waals surface area contributed by atoms with Crippen molar-refractivity contribution in [2.75, 3.05) is 13.2 Å². The number of nitrogens with zero attached hydrogens (tertiary/aromatic N) is 7. The number of imidazole rings is 1. The van der Waals surface area contributed by atoms with Gasteiger partial charge in [0.05, 0.1) is 37.0 Å². The third kappa shape index (κ3) is 4.67. The summed E-state index contributed by atoms with van der Waals surface area (Å²) >= 11 is 0. The molecule has 1 aliphatic heterocycles. The molecule has 12 heteroatoms. The van der Waals surface area contributed by atoms with Crippen molar-refractivity contribution in [2.24, 2.45) is 7.05 Å². The molecule has 2 N–H and O–H groups in total. The van der Waals surface area contributed by atoms with Crippen LogP contribution in [0, 0.1) is 17.1 Å². The van der Waals surface area contributed by atoms with E-state index in [9.17, 15) is 15.2 Å². The van der Waals surface area contributed by atoms with E-state index in [-0.39, 0.29) is 30.6 Å². The molecule has 0 unspecified atom stereocenters. The first-order valence-electron chi connectivity index (χ1n) is 13.7. The van der Waals surface area contributed by atoms with Crippen LogP contribution in [0.2, 0.25) is 0 Å². The SMILES string of the molecule is Cn1cnnc1-c1cc(C#N)ccc1-c1cc(C2CC2)nc(-n2cc3c(F)cc(CN[C@@H]4COC[C@@H]4O)cn3c2=O)c1. The van der Waals surface area contributed by atoms with Crippen molar-refractivity contribution in [3.8, 4) is 34.4 Å². The predicted molar refractivity (Wildman–Crippen MR) is 150 cm³/mol. The molecule has 5 heterocycles. The summed E-state index contributed by atoms with van der Waals surface area (Å²) in [4.78, 5) is 18.5. The van der Waals surface area contributed by atoms with Gasteiger partial charge in [-0.2, -0.15) is 5.26 Å². The van der Waals surface area contributed by atoms with Gasteiger partial charge < -0.3 is 19.7 Å². The number of rotatable bonds is 7. The molecule has 1 aromatic carbocycles. The molecule has 4 aromatic heterocycles. The molecule has 212 valence electrons. The lowest BCUT2D eigenvalue weighted by Gasteiger charge is -2.14. The summed E-state index contributed by atoms with van der Waals surface area (Å²) in [6, 6.07) is 12.5. The van der Waals surface area contributed by atoms with Crippen LogP contribution in [-0.4, -0.2) is 59.2 Å². The molecule has 1 saturated carbocycles. The highest BCUT2D eigenvalue weighted by Gasteiger charge is 2.28. The van der Waals surface area contributed by atoms with Crippen molar-refractivity contribution in [1.82, 2.24) is 34.0 Å². The largest absolute Gasteiger partial charge is 0.389 e. The average Bonchev–Trinajstić information content (AvgIpc) is 3.50. The van der Waals surface area contributed by atoms with Gasteiger partial charge in [0.25, 0.3) is 0 Å². The van der Waals surface area contributed by atoms with Crippen LogP contribution in [0.3, 0.4) is 0 Å². The first-order valence-corrected chi connectivity index (χ1v) is 13.7. The van der Waals surface area contributed by atoms with Crippen LogP contribution in [-0.2, 0) is 18.3 Å². The highest BCUT2D eigenvalue weighted by atomic mass is 19.1. The van der Waals surface area contributed by atoms with Gasteiger partial charge >= 0.3 is 5.69 Å². The Morgan fingerprint density at radius 3 is 2.74 bits per heavy atom. The minimum Gasteiger partial charge on any atom is -0.389 e. The Morgan fingerprint density at radius 2 is 2.02 bits per heavy atom. The van der Waals surface area contributed by atoms with Crippen LogP contribution < -0.4 is 11.0 Å². The Morgan fingerprint density at radius 1 is 1.17 bits per heavy atom. The van der Waals surface area contributed by atoms with E-state index in [0.29, 0.717) is 29.4 Å². The van der Waals surface area contributed by atoms with E-state index in [0.717, 1.165) is 35.2 Å². The number of nitriles is 1. The average molecular weight is 567 g/mol. The van der Waals surface area contributed by atoms with Gasteiger partial charge in [0.2, 0.25) is 0 Å². The van der Waals surface area contributed by atoms with Crippen molar-refractivity contribution in [3.63, 3.8) is 0 Å². The van der Waals surface area contributed by atoms with Gasteiger partial charge in [-0.1, -0.05) is 6.07 Å². The maximum atomic E-state index is 15.3. The smallest absolute Gasteiger partial charge is 0.338 e. The van der Waals surface area contributed by atoms with E-state index in [1.54, 1.807) is 35.3 Å². The number of aliphatic hydroxyl groups excluding tert-OH is 1. The fourth-order valence-electron chi connectivity index (χ4n) is 5.43. The van der Waals surface area contributed by atoms with Crippen LogP contribution in [0.15, 0.2) is 59.9 Å². The standard InChI is InChI=1S/C30H27FN8O3/c1-37-16-34-36-29(37)22-6-17(10-32)2-5-21(22)20-8-24(19-3-4-19)35-28(9-20)39-13-26-23(31)7-18(12-38(26)30(39)41)11-33-25-14-42-15-27(25)40/h2,5-9,12-13,16,19,25,27,33,40H,3-4,11,14-15H2,1H3/t25-,27+/m1/s1. The second kappa shape index (κ2) is 10.3. The van der Waals surface area contributed by atoms with E-state index in [4.69, 9.17) is 9.72 Å². The Labute approximate surface area is 239 Å². The molecule has 7 rings (SSSR count). The number of fused-ring (bicyclic) bond motifs is 1. The van der Waals surface area contributed by atoms with Gasteiger partial charge in [-0.15, -0.1) is 10.2 Å². The third-order valence-electron chi connectivity index (χ3n) is 7.88. The monoisotopic (exact) mass is 566 g/mol. The minimum absolute atomic E-state index is 0.131. The van der Waals surface area contributed by atoms with E-state index >= 15 is 4.39 Å². The summed E-state index contributed by atoms with van der Waals surface area (Å²) in [6.07, 6.45) is 6.03. The fraction of sp³-hybridized carbons (Fsp3) is 0.300. The topological polar surface area (TPSA) is 135 Å². The van der Waals surface area contributed by atoms with Crippen molar-refractivity contribution < 1.29 is 14.2 Å². The van der Waals surface area contributed by atoms with Gasteiger partial charge in [-0.25, -0.2) is 14.2 Å². The van der Waals surface area contributed by atoms with Crippen LogP contribution in [0.1, 0.15) is 35.6 Å². The normalized spacial score (nSPS) is 18.5. The molecule has 1 aliphatic carbocycles. The molecule has 11 nitrogen and oxygen atoms in total. The van der Waals surface area contributed by atoms with Gasteiger partial charge in [0.15, 0.2) is 5.82 Å². The zero-order valence-corrected chi connectivity index (χ0v) is 22.7. The molecule has 0 radical (unpaired) electrons. The summed E-state index contributed by atoms with van der Waals surface area (Å²) in [5.41, 5.74) is 3.91.